The molecule has 5 nitrogen and oxygen atoms in total. The van der Waals surface area contributed by atoms with Crippen molar-refractivity contribution < 1.29 is 0 Å². The summed E-state index contributed by atoms with van der Waals surface area (Å²) < 4.78 is 3.37. The van der Waals surface area contributed by atoms with Crippen LogP contribution in [0.1, 0.15) is 19.0 Å². The summed E-state index contributed by atoms with van der Waals surface area (Å²) >= 11 is 5.83. The lowest BCUT2D eigenvalue weighted by molar-refractivity contribution is 0.685. The second kappa shape index (κ2) is 4.17. The van der Waals surface area contributed by atoms with E-state index in [1.807, 2.05) is 7.05 Å². The highest BCUT2D eigenvalue weighted by molar-refractivity contribution is 6.30. The third kappa shape index (κ3) is 1.78. The number of nitrogens with zero attached hydrogens (tertiary/aromatic N) is 4. The molecule has 0 aromatic carbocycles. The van der Waals surface area contributed by atoms with Gasteiger partial charge in [-0.05, 0) is 6.42 Å². The van der Waals surface area contributed by atoms with Gasteiger partial charge in [0.2, 0.25) is 0 Å². The van der Waals surface area contributed by atoms with E-state index in [1.165, 1.54) is 0 Å². The number of halogens is 1. The van der Waals surface area contributed by atoms with Gasteiger partial charge in [-0.3, -0.25) is 0 Å². The van der Waals surface area contributed by atoms with Crippen LogP contribution in [0.3, 0.4) is 0 Å². The minimum Gasteiger partial charge on any atom is -0.394 e. The average molecular weight is 240 g/mol. The summed E-state index contributed by atoms with van der Waals surface area (Å²) in [5.74, 6) is 0.760. The molecule has 2 heterocycles. The first-order valence-electron chi connectivity index (χ1n) is 5.15. The van der Waals surface area contributed by atoms with Crippen molar-refractivity contribution in [3.63, 3.8) is 0 Å². The van der Waals surface area contributed by atoms with Gasteiger partial charge in [0, 0.05) is 7.05 Å². The number of nitrogens with two attached hydrogens (primary N) is 1. The third-order valence-electron chi connectivity index (χ3n) is 2.38. The van der Waals surface area contributed by atoms with Gasteiger partial charge in [-0.25, -0.2) is 9.36 Å². The minimum absolute atomic E-state index is 0.581. The Kier molecular flexibility index (Phi) is 2.87. The molecular weight excluding hydrogens is 226 g/mol. The van der Waals surface area contributed by atoms with Gasteiger partial charge in [-0.2, -0.15) is 10.2 Å². The zero-order valence-electron chi connectivity index (χ0n) is 9.31. The number of rotatable bonds is 3. The van der Waals surface area contributed by atoms with Gasteiger partial charge in [-0.1, -0.05) is 24.9 Å². The number of aryl methyl sites for hydroxylation is 2. The van der Waals surface area contributed by atoms with Crippen molar-refractivity contribution >= 4 is 17.3 Å². The Morgan fingerprint density at radius 3 is 2.81 bits per heavy atom. The summed E-state index contributed by atoms with van der Waals surface area (Å²) in [5, 5.41) is 9.08. The number of aromatic nitrogens is 4. The highest BCUT2D eigenvalue weighted by atomic mass is 35.5. The molecule has 0 aliphatic heterocycles. The van der Waals surface area contributed by atoms with E-state index in [0.717, 1.165) is 24.4 Å². The molecule has 0 saturated carbocycles. The van der Waals surface area contributed by atoms with Gasteiger partial charge in [-0.15, -0.1) is 0 Å². The summed E-state index contributed by atoms with van der Waals surface area (Å²) in [5.41, 5.74) is 7.62. The highest BCUT2D eigenvalue weighted by Crippen LogP contribution is 2.22. The maximum atomic E-state index is 6.04. The molecule has 86 valence electrons. The maximum absolute atomic E-state index is 6.04. The van der Waals surface area contributed by atoms with E-state index in [0.29, 0.717) is 10.7 Å². The Bertz CT molecular complexity index is 499. The van der Waals surface area contributed by atoms with Gasteiger partial charge in [0.25, 0.3) is 0 Å². The molecule has 2 aromatic rings. The zero-order chi connectivity index (χ0) is 11.7. The Labute approximate surface area is 98.8 Å². The van der Waals surface area contributed by atoms with Gasteiger partial charge in [0.05, 0.1) is 23.1 Å². The van der Waals surface area contributed by atoms with Crippen molar-refractivity contribution in [3.8, 4) is 5.82 Å². The largest absolute Gasteiger partial charge is 0.394 e. The molecule has 0 amide bonds. The smallest absolute Gasteiger partial charge is 0.175 e. The molecule has 0 bridgehead atoms. The number of anilines is 1. The Morgan fingerprint density at radius 1 is 1.50 bits per heavy atom. The summed E-state index contributed by atoms with van der Waals surface area (Å²) in [7, 11) is 1.85. The van der Waals surface area contributed by atoms with Gasteiger partial charge < -0.3 is 5.73 Å². The highest BCUT2D eigenvalue weighted by Gasteiger charge is 2.14. The first kappa shape index (κ1) is 11.0. The van der Waals surface area contributed by atoms with Crippen LogP contribution in [0, 0.1) is 0 Å². The first-order chi connectivity index (χ1) is 7.63. The van der Waals surface area contributed by atoms with E-state index in [4.69, 9.17) is 17.3 Å². The van der Waals surface area contributed by atoms with Crippen LogP contribution in [0.2, 0.25) is 5.02 Å². The van der Waals surface area contributed by atoms with Crippen LogP contribution in [0.4, 0.5) is 5.69 Å². The molecular formula is C10H14ClN5. The standard InChI is InChI=1S/C10H14ClN5/c1-3-4-8-9(12)10(15(2)14-8)16-6-7(11)5-13-16/h5-6H,3-4,12H2,1-2H3. The predicted octanol–water partition coefficient (Wildman–Crippen LogP) is 1.79. The lowest BCUT2D eigenvalue weighted by Crippen LogP contribution is -2.05. The summed E-state index contributed by atoms with van der Waals surface area (Å²) in [6.45, 7) is 2.10. The monoisotopic (exact) mass is 239 g/mol. The fourth-order valence-corrected chi connectivity index (χ4v) is 1.83. The van der Waals surface area contributed by atoms with Crippen LogP contribution in [0.5, 0.6) is 0 Å². The van der Waals surface area contributed by atoms with Crippen molar-refractivity contribution in [1.82, 2.24) is 19.6 Å². The van der Waals surface area contributed by atoms with Crippen LogP contribution in [-0.4, -0.2) is 19.6 Å². The Morgan fingerprint density at radius 2 is 2.25 bits per heavy atom. The summed E-state index contributed by atoms with van der Waals surface area (Å²) in [6.07, 6.45) is 5.17. The zero-order valence-corrected chi connectivity index (χ0v) is 10.1. The second-order valence-electron chi connectivity index (χ2n) is 3.66. The number of nitrogen functional groups attached to an aromatic ring is 1. The van der Waals surface area contributed by atoms with Crippen LogP contribution in [-0.2, 0) is 13.5 Å². The molecule has 0 saturated heterocycles. The second-order valence-corrected chi connectivity index (χ2v) is 4.10. The molecule has 2 aromatic heterocycles. The molecule has 2 rings (SSSR count). The molecule has 16 heavy (non-hydrogen) atoms. The molecule has 0 atom stereocenters. The van der Waals surface area contributed by atoms with Crippen molar-refractivity contribution in [2.24, 2.45) is 7.05 Å². The van der Waals surface area contributed by atoms with E-state index >= 15 is 0 Å². The van der Waals surface area contributed by atoms with Crippen LogP contribution in [0.15, 0.2) is 12.4 Å². The van der Waals surface area contributed by atoms with Gasteiger partial charge >= 0.3 is 0 Å². The molecule has 0 fully saturated rings. The van der Waals surface area contributed by atoms with Crippen LogP contribution < -0.4 is 5.73 Å². The lowest BCUT2D eigenvalue weighted by Gasteiger charge is -2.02. The minimum atomic E-state index is 0.581. The SMILES string of the molecule is CCCc1nn(C)c(-n2cc(Cl)cn2)c1N. The first-order valence-corrected chi connectivity index (χ1v) is 5.53. The molecule has 0 spiro atoms. The molecule has 0 unspecified atom stereocenters. The fourth-order valence-electron chi connectivity index (χ4n) is 1.70. The van der Waals surface area contributed by atoms with E-state index in [9.17, 15) is 0 Å². The van der Waals surface area contributed by atoms with Crippen LogP contribution in [0.25, 0.3) is 5.82 Å². The predicted molar refractivity (Wildman–Crippen MR) is 63.7 cm³/mol. The van der Waals surface area contributed by atoms with Crippen molar-refractivity contribution in [3.05, 3.63) is 23.1 Å². The average Bonchev–Trinajstić information content (AvgIpc) is 2.74. The Hall–Kier alpha value is -1.49. The normalized spacial score (nSPS) is 10.9. The van der Waals surface area contributed by atoms with Crippen molar-refractivity contribution in [2.45, 2.75) is 19.8 Å². The number of hydrogen-bond acceptors (Lipinski definition) is 3. The molecule has 0 aliphatic rings. The molecule has 6 heteroatoms. The summed E-state index contributed by atoms with van der Waals surface area (Å²) in [6, 6.07) is 0. The van der Waals surface area contributed by atoms with E-state index in [1.54, 1.807) is 21.8 Å². The third-order valence-corrected chi connectivity index (χ3v) is 2.58. The quantitative estimate of drug-likeness (QED) is 0.888. The van der Waals surface area contributed by atoms with Gasteiger partial charge in [0.1, 0.15) is 5.69 Å². The molecule has 0 aliphatic carbocycles. The van der Waals surface area contributed by atoms with Crippen molar-refractivity contribution in [2.75, 3.05) is 5.73 Å². The fraction of sp³-hybridized carbons (Fsp3) is 0.400. The number of hydrogen-bond donors (Lipinski definition) is 1. The molecule has 2 N–H and O–H groups in total. The molecule has 0 radical (unpaired) electrons. The van der Waals surface area contributed by atoms with E-state index in [-0.39, 0.29) is 0 Å². The van der Waals surface area contributed by atoms with Crippen molar-refractivity contribution in [1.29, 1.82) is 0 Å². The lowest BCUT2D eigenvalue weighted by atomic mass is 10.2. The van der Waals surface area contributed by atoms with E-state index < -0.39 is 0 Å². The summed E-state index contributed by atoms with van der Waals surface area (Å²) in [4.78, 5) is 0. The van der Waals surface area contributed by atoms with Gasteiger partial charge in [0.15, 0.2) is 5.82 Å². The van der Waals surface area contributed by atoms with Crippen LogP contribution >= 0.6 is 11.6 Å². The topological polar surface area (TPSA) is 61.7 Å². The van der Waals surface area contributed by atoms with E-state index in [2.05, 4.69) is 17.1 Å². The Balaban J connectivity index is 2.48. The maximum Gasteiger partial charge on any atom is 0.175 e.